The van der Waals surface area contributed by atoms with Gasteiger partial charge in [-0.1, -0.05) is 12.1 Å². The minimum atomic E-state index is -0.735. The fourth-order valence-electron chi connectivity index (χ4n) is 1.94. The predicted octanol–water partition coefficient (Wildman–Crippen LogP) is 5.00. The molecular weight excluding hydrogens is 282 g/mol. The number of hydrogen-bond donors (Lipinski definition) is 0. The van der Waals surface area contributed by atoms with E-state index in [0.29, 0.717) is 12.2 Å². The Morgan fingerprint density at radius 1 is 1.10 bits per heavy atom. The SMILES string of the molecule is CCOc1ccc(C(Cl)c2cc(F)c(C)cc2F)cc1. The smallest absolute Gasteiger partial charge is 0.128 e. The highest BCUT2D eigenvalue weighted by molar-refractivity contribution is 6.22. The van der Waals surface area contributed by atoms with Crippen LogP contribution >= 0.6 is 11.6 Å². The van der Waals surface area contributed by atoms with E-state index in [-0.39, 0.29) is 11.1 Å². The third-order valence-corrected chi connectivity index (χ3v) is 3.52. The average molecular weight is 297 g/mol. The first kappa shape index (κ1) is 14.8. The summed E-state index contributed by atoms with van der Waals surface area (Å²) in [6.45, 7) is 3.98. The van der Waals surface area contributed by atoms with E-state index in [0.717, 1.165) is 17.9 Å². The van der Waals surface area contributed by atoms with Crippen molar-refractivity contribution < 1.29 is 13.5 Å². The molecule has 2 rings (SSSR count). The molecule has 1 unspecified atom stereocenters. The zero-order chi connectivity index (χ0) is 14.7. The lowest BCUT2D eigenvalue weighted by Gasteiger charge is -2.13. The van der Waals surface area contributed by atoms with Gasteiger partial charge in [0.1, 0.15) is 17.4 Å². The van der Waals surface area contributed by atoms with Crippen molar-refractivity contribution in [2.75, 3.05) is 6.61 Å². The van der Waals surface area contributed by atoms with E-state index in [1.807, 2.05) is 6.92 Å². The van der Waals surface area contributed by atoms with Crippen molar-refractivity contribution >= 4 is 11.6 Å². The maximum atomic E-state index is 13.9. The number of ether oxygens (including phenoxy) is 1. The summed E-state index contributed by atoms with van der Waals surface area (Å²) in [4.78, 5) is 0. The Balaban J connectivity index is 2.31. The molecule has 0 N–H and O–H groups in total. The fraction of sp³-hybridized carbons (Fsp3) is 0.250. The lowest BCUT2D eigenvalue weighted by Crippen LogP contribution is -2.00. The van der Waals surface area contributed by atoms with Crippen molar-refractivity contribution in [3.8, 4) is 5.75 Å². The van der Waals surface area contributed by atoms with E-state index in [9.17, 15) is 8.78 Å². The van der Waals surface area contributed by atoms with Crippen LogP contribution < -0.4 is 4.74 Å². The maximum absolute atomic E-state index is 13.9. The standard InChI is InChI=1S/C16H15ClF2O/c1-3-20-12-6-4-11(5-7-12)16(17)13-9-14(18)10(2)8-15(13)19/h4-9,16H,3H2,1-2H3. The quantitative estimate of drug-likeness (QED) is 0.721. The van der Waals surface area contributed by atoms with Crippen LogP contribution in [0.1, 0.15) is 29.0 Å². The van der Waals surface area contributed by atoms with E-state index < -0.39 is 17.0 Å². The van der Waals surface area contributed by atoms with Crippen LogP contribution in [-0.4, -0.2) is 6.61 Å². The number of benzene rings is 2. The van der Waals surface area contributed by atoms with Crippen molar-refractivity contribution in [3.05, 3.63) is 64.7 Å². The molecule has 106 valence electrons. The summed E-state index contributed by atoms with van der Waals surface area (Å²) in [5.41, 5.74) is 1.10. The van der Waals surface area contributed by atoms with Crippen LogP contribution in [0.4, 0.5) is 8.78 Å². The Morgan fingerprint density at radius 2 is 1.75 bits per heavy atom. The molecule has 0 aliphatic rings. The molecule has 0 heterocycles. The fourth-order valence-corrected chi connectivity index (χ4v) is 2.25. The first-order valence-corrected chi connectivity index (χ1v) is 6.79. The van der Waals surface area contributed by atoms with Crippen LogP contribution in [0, 0.1) is 18.6 Å². The molecule has 0 amide bonds. The summed E-state index contributed by atoms with van der Waals surface area (Å²) in [7, 11) is 0. The van der Waals surface area contributed by atoms with Gasteiger partial charge in [0.2, 0.25) is 0 Å². The molecule has 1 nitrogen and oxygen atoms in total. The molecule has 4 heteroatoms. The highest BCUT2D eigenvalue weighted by Crippen LogP contribution is 2.32. The molecular formula is C16H15ClF2O. The van der Waals surface area contributed by atoms with Gasteiger partial charge < -0.3 is 4.74 Å². The van der Waals surface area contributed by atoms with Gasteiger partial charge >= 0.3 is 0 Å². The van der Waals surface area contributed by atoms with Crippen molar-refractivity contribution in [2.24, 2.45) is 0 Å². The van der Waals surface area contributed by atoms with Gasteiger partial charge in [-0.2, -0.15) is 0 Å². The van der Waals surface area contributed by atoms with Gasteiger partial charge in [0.05, 0.1) is 12.0 Å². The van der Waals surface area contributed by atoms with Gasteiger partial charge in [-0.15, -0.1) is 11.6 Å². The van der Waals surface area contributed by atoms with Crippen LogP contribution in [-0.2, 0) is 0 Å². The van der Waals surface area contributed by atoms with Gasteiger partial charge in [-0.3, -0.25) is 0 Å². The molecule has 2 aromatic carbocycles. The van der Waals surface area contributed by atoms with Crippen LogP contribution in [0.2, 0.25) is 0 Å². The van der Waals surface area contributed by atoms with Gasteiger partial charge in [-0.05, 0) is 49.2 Å². The summed E-state index contributed by atoms with van der Waals surface area (Å²) in [5, 5.41) is -0.735. The van der Waals surface area contributed by atoms with Crippen molar-refractivity contribution in [1.29, 1.82) is 0 Å². The van der Waals surface area contributed by atoms with Crippen molar-refractivity contribution in [1.82, 2.24) is 0 Å². The first-order valence-electron chi connectivity index (χ1n) is 6.35. The second kappa shape index (κ2) is 6.23. The number of halogens is 3. The lowest BCUT2D eigenvalue weighted by atomic mass is 10.0. The van der Waals surface area contributed by atoms with Crippen LogP contribution in [0.5, 0.6) is 5.75 Å². The molecule has 0 saturated heterocycles. The van der Waals surface area contributed by atoms with Gasteiger partial charge in [0.25, 0.3) is 0 Å². The Bertz CT molecular complexity index is 596. The van der Waals surface area contributed by atoms with Crippen molar-refractivity contribution in [3.63, 3.8) is 0 Å². The van der Waals surface area contributed by atoms with E-state index in [1.54, 1.807) is 24.3 Å². The topological polar surface area (TPSA) is 9.23 Å². The van der Waals surface area contributed by atoms with Crippen LogP contribution in [0.25, 0.3) is 0 Å². The van der Waals surface area contributed by atoms with E-state index in [2.05, 4.69) is 0 Å². The molecule has 2 aromatic rings. The Kier molecular flexibility index (Phi) is 4.61. The molecule has 1 atom stereocenters. The molecule has 0 aliphatic carbocycles. The van der Waals surface area contributed by atoms with Crippen LogP contribution in [0.3, 0.4) is 0 Å². The predicted molar refractivity (Wildman–Crippen MR) is 76.4 cm³/mol. The highest BCUT2D eigenvalue weighted by atomic mass is 35.5. The molecule has 0 bridgehead atoms. The second-order valence-corrected chi connectivity index (χ2v) is 4.92. The van der Waals surface area contributed by atoms with Gasteiger partial charge in [0.15, 0.2) is 0 Å². The summed E-state index contributed by atoms with van der Waals surface area (Å²) in [6.07, 6.45) is 0. The molecule has 20 heavy (non-hydrogen) atoms. The van der Waals surface area contributed by atoms with E-state index >= 15 is 0 Å². The average Bonchev–Trinajstić information content (AvgIpc) is 2.43. The van der Waals surface area contributed by atoms with E-state index in [1.165, 1.54) is 6.92 Å². The third kappa shape index (κ3) is 3.10. The number of aryl methyl sites for hydroxylation is 1. The zero-order valence-electron chi connectivity index (χ0n) is 11.3. The molecule has 0 fully saturated rings. The van der Waals surface area contributed by atoms with E-state index in [4.69, 9.17) is 16.3 Å². The van der Waals surface area contributed by atoms with Gasteiger partial charge in [0, 0.05) is 5.56 Å². The summed E-state index contributed by atoms with van der Waals surface area (Å²) in [5.74, 6) is -0.244. The zero-order valence-corrected chi connectivity index (χ0v) is 12.0. The normalized spacial score (nSPS) is 12.2. The molecule has 0 aliphatic heterocycles. The number of alkyl halides is 1. The summed E-state index contributed by atoms with van der Waals surface area (Å²) < 4.78 is 32.8. The summed E-state index contributed by atoms with van der Waals surface area (Å²) in [6, 6.07) is 9.33. The minimum absolute atomic E-state index is 0.138. The largest absolute Gasteiger partial charge is 0.494 e. The summed E-state index contributed by atoms with van der Waals surface area (Å²) >= 11 is 6.24. The monoisotopic (exact) mass is 296 g/mol. The Morgan fingerprint density at radius 3 is 2.35 bits per heavy atom. The van der Waals surface area contributed by atoms with Gasteiger partial charge in [-0.25, -0.2) is 8.78 Å². The maximum Gasteiger partial charge on any atom is 0.128 e. The first-order chi connectivity index (χ1) is 9.52. The van der Waals surface area contributed by atoms with Crippen molar-refractivity contribution in [2.45, 2.75) is 19.2 Å². The molecule has 0 radical (unpaired) electrons. The molecule has 0 saturated carbocycles. The molecule has 0 aromatic heterocycles. The number of hydrogen-bond acceptors (Lipinski definition) is 1. The molecule has 0 spiro atoms. The lowest BCUT2D eigenvalue weighted by molar-refractivity contribution is 0.340. The third-order valence-electron chi connectivity index (χ3n) is 3.03. The minimum Gasteiger partial charge on any atom is -0.494 e. The Labute approximate surface area is 122 Å². The second-order valence-electron chi connectivity index (χ2n) is 4.49. The number of rotatable bonds is 4. The van der Waals surface area contributed by atoms with Crippen LogP contribution in [0.15, 0.2) is 36.4 Å². The highest BCUT2D eigenvalue weighted by Gasteiger charge is 2.17. The Hall–Kier alpha value is -1.61.